The molecule has 106 valence electrons. The topological polar surface area (TPSA) is 73.6 Å². The summed E-state index contributed by atoms with van der Waals surface area (Å²) >= 11 is 3.43. The van der Waals surface area contributed by atoms with Crippen LogP contribution in [0.5, 0.6) is 11.5 Å². The largest absolute Gasteiger partial charge is 0.497 e. The number of rotatable bonds is 8. The molecule has 0 atom stereocenters. The molecule has 1 rings (SSSR count). The number of nitrogens with two attached hydrogens (primary N) is 1. The maximum absolute atomic E-state index is 10.9. The van der Waals surface area contributed by atoms with Crippen LogP contribution in [0.2, 0.25) is 0 Å². The molecule has 0 fully saturated rings. The van der Waals surface area contributed by atoms with Crippen molar-refractivity contribution < 1.29 is 14.3 Å². The van der Waals surface area contributed by atoms with Gasteiger partial charge in [0.25, 0.3) is 0 Å². The Labute approximate surface area is 121 Å². The summed E-state index contributed by atoms with van der Waals surface area (Å²) in [5, 5.41) is 0. The maximum Gasteiger partial charge on any atom is 0.233 e. The minimum absolute atomic E-state index is 0.126. The van der Waals surface area contributed by atoms with Gasteiger partial charge in [0.2, 0.25) is 5.91 Å². The van der Waals surface area contributed by atoms with Gasteiger partial charge in [0, 0.05) is 6.42 Å². The Kier molecular flexibility index (Phi) is 7.28. The second-order valence-corrected chi connectivity index (χ2v) is 4.88. The van der Waals surface area contributed by atoms with E-state index in [1.165, 1.54) is 0 Å². The Bertz CT molecular complexity index is 413. The Morgan fingerprint density at radius 2 is 2.16 bits per heavy atom. The predicted molar refractivity (Wildman–Crippen MR) is 77.0 cm³/mol. The first-order chi connectivity index (χ1) is 9.17. The Balaban J connectivity index is 2.21. The van der Waals surface area contributed by atoms with E-state index in [1.54, 1.807) is 7.11 Å². The minimum atomic E-state index is -0.126. The van der Waals surface area contributed by atoms with Crippen LogP contribution >= 0.6 is 15.9 Å². The molecular weight excluding hydrogens is 312 g/mol. The zero-order chi connectivity index (χ0) is 14.1. The van der Waals surface area contributed by atoms with Crippen molar-refractivity contribution in [2.45, 2.75) is 25.7 Å². The number of hydrogen-bond acceptors (Lipinski definition) is 4. The number of carbonyl (C=O) groups is 1. The number of carbonyl (C=O) groups excluding carboxylic acids is 1. The number of benzene rings is 1. The van der Waals surface area contributed by atoms with E-state index in [0.717, 1.165) is 35.2 Å². The smallest absolute Gasteiger partial charge is 0.233 e. The molecular formula is C13H19BrN2O3. The van der Waals surface area contributed by atoms with Gasteiger partial charge in [-0.3, -0.25) is 10.2 Å². The van der Waals surface area contributed by atoms with E-state index in [1.807, 2.05) is 18.2 Å². The molecule has 0 saturated heterocycles. The predicted octanol–water partition coefficient (Wildman–Crippen LogP) is 2.39. The van der Waals surface area contributed by atoms with Crippen molar-refractivity contribution in [3.05, 3.63) is 22.7 Å². The van der Waals surface area contributed by atoms with Gasteiger partial charge >= 0.3 is 0 Å². The summed E-state index contributed by atoms with van der Waals surface area (Å²) in [5.74, 6) is 6.44. The number of halogens is 1. The van der Waals surface area contributed by atoms with Crippen LogP contribution in [0, 0.1) is 0 Å². The molecule has 5 nitrogen and oxygen atoms in total. The molecule has 1 amide bonds. The zero-order valence-electron chi connectivity index (χ0n) is 10.9. The van der Waals surface area contributed by atoms with Gasteiger partial charge in [-0.1, -0.05) is 0 Å². The van der Waals surface area contributed by atoms with E-state index < -0.39 is 0 Å². The van der Waals surface area contributed by atoms with E-state index >= 15 is 0 Å². The number of unbranched alkanes of at least 4 members (excludes halogenated alkanes) is 2. The normalized spacial score (nSPS) is 10.1. The molecule has 1 aromatic carbocycles. The van der Waals surface area contributed by atoms with E-state index in [-0.39, 0.29) is 5.91 Å². The summed E-state index contributed by atoms with van der Waals surface area (Å²) in [7, 11) is 1.62. The SMILES string of the molecule is COc1ccc(OCCCCCC(=O)NN)c(Br)c1. The highest BCUT2D eigenvalue weighted by atomic mass is 79.9. The summed E-state index contributed by atoms with van der Waals surface area (Å²) in [6, 6.07) is 5.58. The first kappa shape index (κ1) is 15.8. The van der Waals surface area contributed by atoms with Gasteiger partial charge in [0.05, 0.1) is 18.2 Å². The van der Waals surface area contributed by atoms with Gasteiger partial charge in [0.15, 0.2) is 0 Å². The van der Waals surface area contributed by atoms with Gasteiger partial charge in [-0.25, -0.2) is 5.84 Å². The molecule has 0 aliphatic carbocycles. The van der Waals surface area contributed by atoms with Crippen LogP contribution in [0.4, 0.5) is 0 Å². The van der Waals surface area contributed by atoms with E-state index in [0.29, 0.717) is 13.0 Å². The lowest BCUT2D eigenvalue weighted by Crippen LogP contribution is -2.29. The molecule has 0 spiro atoms. The van der Waals surface area contributed by atoms with Gasteiger partial charge in [-0.15, -0.1) is 0 Å². The summed E-state index contributed by atoms with van der Waals surface area (Å²) in [6.07, 6.45) is 3.11. The minimum Gasteiger partial charge on any atom is -0.497 e. The summed E-state index contributed by atoms with van der Waals surface area (Å²) in [6.45, 7) is 0.620. The molecule has 0 aliphatic heterocycles. The average Bonchev–Trinajstić information content (AvgIpc) is 2.43. The molecule has 19 heavy (non-hydrogen) atoms. The molecule has 0 radical (unpaired) electrons. The highest BCUT2D eigenvalue weighted by Gasteiger charge is 2.03. The van der Waals surface area contributed by atoms with Crippen molar-refractivity contribution >= 4 is 21.8 Å². The Hall–Kier alpha value is -1.27. The summed E-state index contributed by atoms with van der Waals surface area (Å²) in [4.78, 5) is 10.9. The van der Waals surface area contributed by atoms with Crippen molar-refractivity contribution in [1.82, 2.24) is 5.43 Å². The van der Waals surface area contributed by atoms with Crippen molar-refractivity contribution in [3.63, 3.8) is 0 Å². The number of hydrazine groups is 1. The molecule has 1 aromatic rings. The molecule has 0 bridgehead atoms. The van der Waals surface area contributed by atoms with Crippen LogP contribution in [0.3, 0.4) is 0 Å². The molecule has 6 heteroatoms. The van der Waals surface area contributed by atoms with E-state index in [4.69, 9.17) is 15.3 Å². The molecule has 0 unspecified atom stereocenters. The summed E-state index contributed by atoms with van der Waals surface area (Å²) < 4.78 is 11.6. The van der Waals surface area contributed by atoms with Crippen molar-refractivity contribution in [2.24, 2.45) is 5.84 Å². The quantitative estimate of drug-likeness (QED) is 0.332. The number of amides is 1. The monoisotopic (exact) mass is 330 g/mol. The summed E-state index contributed by atoms with van der Waals surface area (Å²) in [5.41, 5.74) is 2.11. The fourth-order valence-electron chi connectivity index (χ4n) is 1.54. The molecule has 0 heterocycles. The maximum atomic E-state index is 10.9. The number of ether oxygens (including phenoxy) is 2. The third-order valence-corrected chi connectivity index (χ3v) is 3.23. The van der Waals surface area contributed by atoms with E-state index in [9.17, 15) is 4.79 Å². The standard InChI is InChI=1S/C13H19BrN2O3/c1-18-10-6-7-12(11(14)9-10)19-8-4-2-3-5-13(17)16-15/h6-7,9H,2-5,8,15H2,1H3,(H,16,17). The van der Waals surface area contributed by atoms with Crippen LogP contribution < -0.4 is 20.7 Å². The highest BCUT2D eigenvalue weighted by molar-refractivity contribution is 9.10. The second-order valence-electron chi connectivity index (χ2n) is 4.02. The fourth-order valence-corrected chi connectivity index (χ4v) is 2.02. The molecule has 3 N–H and O–H groups in total. The lowest BCUT2D eigenvalue weighted by molar-refractivity contribution is -0.121. The van der Waals surface area contributed by atoms with Crippen molar-refractivity contribution in [3.8, 4) is 11.5 Å². The number of nitrogens with one attached hydrogen (secondary N) is 1. The van der Waals surface area contributed by atoms with Crippen molar-refractivity contribution in [2.75, 3.05) is 13.7 Å². The Morgan fingerprint density at radius 1 is 1.37 bits per heavy atom. The lowest BCUT2D eigenvalue weighted by Gasteiger charge is -2.09. The van der Waals surface area contributed by atoms with Gasteiger partial charge in [-0.2, -0.15) is 0 Å². The van der Waals surface area contributed by atoms with Crippen LogP contribution in [0.15, 0.2) is 22.7 Å². The van der Waals surface area contributed by atoms with Crippen LogP contribution in [0.25, 0.3) is 0 Å². The van der Waals surface area contributed by atoms with Crippen LogP contribution in [-0.2, 0) is 4.79 Å². The first-order valence-electron chi connectivity index (χ1n) is 6.13. The van der Waals surface area contributed by atoms with Gasteiger partial charge < -0.3 is 9.47 Å². The van der Waals surface area contributed by atoms with Crippen molar-refractivity contribution in [1.29, 1.82) is 0 Å². The van der Waals surface area contributed by atoms with Gasteiger partial charge in [0.1, 0.15) is 11.5 Å². The van der Waals surface area contributed by atoms with Crippen LogP contribution in [-0.4, -0.2) is 19.6 Å². The fraction of sp³-hybridized carbons (Fsp3) is 0.462. The third-order valence-electron chi connectivity index (χ3n) is 2.61. The average molecular weight is 331 g/mol. The zero-order valence-corrected chi connectivity index (χ0v) is 12.5. The highest BCUT2D eigenvalue weighted by Crippen LogP contribution is 2.29. The molecule has 0 aliphatic rings. The Morgan fingerprint density at radius 3 is 2.79 bits per heavy atom. The first-order valence-corrected chi connectivity index (χ1v) is 6.92. The molecule has 0 saturated carbocycles. The van der Waals surface area contributed by atoms with E-state index in [2.05, 4.69) is 21.4 Å². The van der Waals surface area contributed by atoms with Crippen LogP contribution in [0.1, 0.15) is 25.7 Å². The number of methoxy groups -OCH3 is 1. The number of hydrogen-bond donors (Lipinski definition) is 2. The van der Waals surface area contributed by atoms with Gasteiger partial charge in [-0.05, 0) is 53.4 Å². The second kappa shape index (κ2) is 8.77. The third kappa shape index (κ3) is 5.94. The lowest BCUT2D eigenvalue weighted by atomic mass is 10.2. The molecule has 0 aromatic heterocycles.